The van der Waals surface area contributed by atoms with E-state index in [0.717, 1.165) is 13.1 Å². The molecule has 1 heterocycles. The van der Waals surface area contributed by atoms with E-state index in [-0.39, 0.29) is 30.8 Å². The van der Waals surface area contributed by atoms with Gasteiger partial charge in [-0.05, 0) is 13.8 Å². The maximum absolute atomic E-state index is 11.5. The molecule has 0 amide bonds. The molecule has 1 rings (SSSR count). The summed E-state index contributed by atoms with van der Waals surface area (Å²) in [6, 6.07) is -0.344. The summed E-state index contributed by atoms with van der Waals surface area (Å²) in [5, 5.41) is 0. The first-order valence-corrected chi connectivity index (χ1v) is 5.25. The highest BCUT2D eigenvalue weighted by molar-refractivity contribution is 5.75. The van der Waals surface area contributed by atoms with Crippen molar-refractivity contribution < 1.29 is 14.3 Å². The molecular weight excluding hydrogens is 196 g/mol. The van der Waals surface area contributed by atoms with Gasteiger partial charge in [0.1, 0.15) is 6.04 Å². The first kappa shape index (κ1) is 12.4. The van der Waals surface area contributed by atoms with Crippen molar-refractivity contribution >= 4 is 5.97 Å². The second-order valence-electron chi connectivity index (χ2n) is 3.99. The summed E-state index contributed by atoms with van der Waals surface area (Å²) in [5.74, 6) is -0.265. The first-order valence-electron chi connectivity index (χ1n) is 5.25. The van der Waals surface area contributed by atoms with Crippen molar-refractivity contribution in [1.82, 2.24) is 4.90 Å². The minimum Gasteiger partial charge on any atom is -0.468 e. The van der Waals surface area contributed by atoms with Crippen LogP contribution in [0.15, 0.2) is 0 Å². The van der Waals surface area contributed by atoms with Gasteiger partial charge in [-0.25, -0.2) is 0 Å². The molecule has 3 atom stereocenters. The average molecular weight is 216 g/mol. The van der Waals surface area contributed by atoms with Crippen molar-refractivity contribution in [2.75, 3.05) is 26.7 Å². The zero-order chi connectivity index (χ0) is 11.4. The molecule has 0 spiro atoms. The molecule has 0 bridgehead atoms. The van der Waals surface area contributed by atoms with Gasteiger partial charge < -0.3 is 15.2 Å². The third-order valence-corrected chi connectivity index (χ3v) is 2.59. The number of carbonyl (C=O) groups is 1. The van der Waals surface area contributed by atoms with Gasteiger partial charge >= 0.3 is 5.97 Å². The Bertz CT molecular complexity index is 213. The zero-order valence-electron chi connectivity index (χ0n) is 9.60. The molecule has 0 aliphatic carbocycles. The summed E-state index contributed by atoms with van der Waals surface area (Å²) >= 11 is 0. The number of ether oxygens (including phenoxy) is 2. The fourth-order valence-electron chi connectivity index (χ4n) is 2.00. The smallest absolute Gasteiger partial charge is 0.324 e. The Morgan fingerprint density at radius 3 is 2.47 bits per heavy atom. The fourth-order valence-corrected chi connectivity index (χ4v) is 2.00. The summed E-state index contributed by atoms with van der Waals surface area (Å²) in [6.07, 6.45) is 0.264. The maximum Gasteiger partial charge on any atom is 0.324 e. The molecule has 0 saturated carbocycles. The van der Waals surface area contributed by atoms with E-state index in [2.05, 4.69) is 0 Å². The van der Waals surface area contributed by atoms with Gasteiger partial charge in [-0.1, -0.05) is 0 Å². The normalized spacial score (nSPS) is 29.9. The standard InChI is InChI=1S/C10H20N2O3/c1-7-5-12(6-8(2)15-7)9(4-11)10(13)14-3/h7-9H,4-6,11H2,1-3H3/t7-,8+,9?. The molecule has 1 aliphatic rings. The van der Waals surface area contributed by atoms with Crippen LogP contribution in [-0.4, -0.2) is 55.9 Å². The maximum atomic E-state index is 11.5. The molecule has 0 aromatic heterocycles. The van der Waals surface area contributed by atoms with E-state index >= 15 is 0 Å². The van der Waals surface area contributed by atoms with E-state index in [1.807, 2.05) is 18.7 Å². The number of hydrogen-bond acceptors (Lipinski definition) is 5. The van der Waals surface area contributed by atoms with E-state index in [4.69, 9.17) is 15.2 Å². The van der Waals surface area contributed by atoms with Crippen LogP contribution in [0.5, 0.6) is 0 Å². The fraction of sp³-hybridized carbons (Fsp3) is 0.900. The molecular formula is C10H20N2O3. The van der Waals surface area contributed by atoms with Crippen LogP contribution in [0.3, 0.4) is 0 Å². The number of methoxy groups -OCH3 is 1. The van der Waals surface area contributed by atoms with Crippen LogP contribution in [0.1, 0.15) is 13.8 Å². The second-order valence-corrected chi connectivity index (χ2v) is 3.99. The van der Waals surface area contributed by atoms with Crippen LogP contribution < -0.4 is 5.73 Å². The second kappa shape index (κ2) is 5.44. The molecule has 2 N–H and O–H groups in total. The lowest BCUT2D eigenvalue weighted by Gasteiger charge is -2.38. The van der Waals surface area contributed by atoms with E-state index in [0.29, 0.717) is 0 Å². The van der Waals surface area contributed by atoms with Crippen LogP contribution in [-0.2, 0) is 14.3 Å². The van der Waals surface area contributed by atoms with Gasteiger partial charge in [-0.15, -0.1) is 0 Å². The number of nitrogens with two attached hydrogens (primary N) is 1. The Morgan fingerprint density at radius 1 is 1.53 bits per heavy atom. The molecule has 1 aliphatic heterocycles. The summed E-state index contributed by atoms with van der Waals surface area (Å²) in [7, 11) is 1.39. The molecule has 15 heavy (non-hydrogen) atoms. The Labute approximate surface area is 90.5 Å². The molecule has 1 saturated heterocycles. The lowest BCUT2D eigenvalue weighted by Crippen LogP contribution is -2.55. The van der Waals surface area contributed by atoms with Crippen LogP contribution in [0.2, 0.25) is 0 Å². The van der Waals surface area contributed by atoms with E-state index < -0.39 is 0 Å². The lowest BCUT2D eigenvalue weighted by atomic mass is 10.1. The van der Waals surface area contributed by atoms with Gasteiger partial charge in [0.2, 0.25) is 0 Å². The van der Waals surface area contributed by atoms with Gasteiger partial charge in [0.15, 0.2) is 0 Å². The number of carbonyl (C=O) groups excluding carboxylic acids is 1. The van der Waals surface area contributed by atoms with Crippen LogP contribution in [0, 0.1) is 0 Å². The van der Waals surface area contributed by atoms with E-state index in [1.54, 1.807) is 0 Å². The number of morpholine rings is 1. The average Bonchev–Trinajstić information content (AvgIpc) is 2.17. The predicted octanol–water partition coefficient (Wildman–Crippen LogP) is -0.404. The molecule has 5 heteroatoms. The largest absolute Gasteiger partial charge is 0.468 e. The van der Waals surface area contributed by atoms with Crippen LogP contribution in [0.25, 0.3) is 0 Å². The van der Waals surface area contributed by atoms with Crippen molar-refractivity contribution in [2.45, 2.75) is 32.1 Å². The molecule has 0 aromatic rings. The quantitative estimate of drug-likeness (QED) is 0.650. The third kappa shape index (κ3) is 3.15. The Kier molecular flexibility index (Phi) is 4.50. The third-order valence-electron chi connectivity index (χ3n) is 2.59. The van der Waals surface area contributed by atoms with Crippen molar-refractivity contribution in [3.63, 3.8) is 0 Å². The first-order chi connectivity index (χ1) is 7.08. The van der Waals surface area contributed by atoms with Crippen LogP contribution in [0.4, 0.5) is 0 Å². The Hall–Kier alpha value is -0.650. The summed E-state index contributed by atoms with van der Waals surface area (Å²) in [4.78, 5) is 13.5. The minimum atomic E-state index is -0.344. The monoisotopic (exact) mass is 216 g/mol. The Morgan fingerprint density at radius 2 is 2.07 bits per heavy atom. The van der Waals surface area contributed by atoms with Crippen LogP contribution >= 0.6 is 0 Å². The van der Waals surface area contributed by atoms with Gasteiger partial charge in [-0.2, -0.15) is 0 Å². The van der Waals surface area contributed by atoms with Gasteiger partial charge in [0, 0.05) is 19.6 Å². The lowest BCUT2D eigenvalue weighted by molar-refractivity contribution is -0.151. The number of esters is 1. The van der Waals surface area contributed by atoms with Crippen molar-refractivity contribution in [3.05, 3.63) is 0 Å². The minimum absolute atomic E-state index is 0.132. The van der Waals surface area contributed by atoms with Crippen molar-refractivity contribution in [3.8, 4) is 0 Å². The zero-order valence-corrected chi connectivity index (χ0v) is 9.60. The summed E-state index contributed by atoms with van der Waals surface area (Å²) in [6.45, 7) is 5.72. The summed E-state index contributed by atoms with van der Waals surface area (Å²) in [5.41, 5.74) is 5.59. The molecule has 5 nitrogen and oxygen atoms in total. The predicted molar refractivity (Wildman–Crippen MR) is 56.4 cm³/mol. The highest BCUT2D eigenvalue weighted by Gasteiger charge is 2.31. The van der Waals surface area contributed by atoms with E-state index in [9.17, 15) is 4.79 Å². The van der Waals surface area contributed by atoms with Gasteiger partial charge in [-0.3, -0.25) is 9.69 Å². The van der Waals surface area contributed by atoms with Gasteiger partial charge in [0.05, 0.1) is 19.3 Å². The van der Waals surface area contributed by atoms with Gasteiger partial charge in [0.25, 0.3) is 0 Å². The Balaban J connectivity index is 2.63. The van der Waals surface area contributed by atoms with E-state index in [1.165, 1.54) is 7.11 Å². The molecule has 1 unspecified atom stereocenters. The molecule has 0 radical (unpaired) electrons. The highest BCUT2D eigenvalue weighted by atomic mass is 16.5. The number of nitrogens with zero attached hydrogens (tertiary/aromatic N) is 1. The van der Waals surface area contributed by atoms with Crippen molar-refractivity contribution in [1.29, 1.82) is 0 Å². The topological polar surface area (TPSA) is 64.8 Å². The summed E-state index contributed by atoms with van der Waals surface area (Å²) < 4.78 is 10.3. The van der Waals surface area contributed by atoms with Crippen molar-refractivity contribution in [2.24, 2.45) is 5.73 Å². The molecule has 1 fully saturated rings. The molecule has 0 aromatic carbocycles. The highest BCUT2D eigenvalue weighted by Crippen LogP contribution is 2.13. The number of rotatable bonds is 3. The number of hydrogen-bond donors (Lipinski definition) is 1. The molecule has 88 valence electrons. The SMILES string of the molecule is COC(=O)C(CN)N1C[C@@H](C)O[C@@H](C)C1.